The number of sulfonamides is 1. The molecule has 4 aromatic rings. The Morgan fingerprint density at radius 3 is 2.38 bits per heavy atom. The molecule has 0 bridgehead atoms. The van der Waals surface area contributed by atoms with E-state index in [2.05, 4.69) is 35.1 Å². The van der Waals surface area contributed by atoms with Gasteiger partial charge in [0, 0.05) is 21.7 Å². The van der Waals surface area contributed by atoms with Crippen molar-refractivity contribution in [1.29, 1.82) is 0 Å². The zero-order valence-electron chi connectivity index (χ0n) is 17.7. The van der Waals surface area contributed by atoms with Crippen molar-refractivity contribution in [2.24, 2.45) is 0 Å². The van der Waals surface area contributed by atoms with E-state index in [-0.39, 0.29) is 10.1 Å². The van der Waals surface area contributed by atoms with Crippen LogP contribution < -0.4 is 4.72 Å². The van der Waals surface area contributed by atoms with Gasteiger partial charge in [0.25, 0.3) is 0 Å². The first-order valence-electron chi connectivity index (χ1n) is 10.4. The van der Waals surface area contributed by atoms with E-state index in [0.717, 1.165) is 16.0 Å². The van der Waals surface area contributed by atoms with Crippen molar-refractivity contribution < 1.29 is 8.42 Å². The number of hydrogen-bond acceptors (Lipinski definition) is 3. The molecule has 0 saturated heterocycles. The van der Waals surface area contributed by atoms with Gasteiger partial charge in [-0.3, -0.25) is 0 Å². The van der Waals surface area contributed by atoms with Crippen LogP contribution in [0.1, 0.15) is 22.8 Å². The van der Waals surface area contributed by atoms with Crippen LogP contribution in [0.2, 0.25) is 5.02 Å². The fourth-order valence-corrected chi connectivity index (χ4v) is 5.97. The number of rotatable bonds is 8. The minimum absolute atomic E-state index is 0.0515. The van der Waals surface area contributed by atoms with Crippen molar-refractivity contribution in [2.75, 3.05) is 6.54 Å². The van der Waals surface area contributed by atoms with Crippen LogP contribution in [0, 0.1) is 6.92 Å². The minimum atomic E-state index is -3.55. The minimum Gasteiger partial charge on any atom is -0.211 e. The van der Waals surface area contributed by atoms with Gasteiger partial charge in [0.15, 0.2) is 0 Å². The third-order valence-corrected chi connectivity index (χ3v) is 8.28. The zero-order chi connectivity index (χ0) is 22.6. The van der Waals surface area contributed by atoms with Crippen LogP contribution in [0.4, 0.5) is 0 Å². The van der Waals surface area contributed by atoms with Gasteiger partial charge in [-0.25, -0.2) is 13.1 Å². The highest BCUT2D eigenvalue weighted by Gasteiger charge is 2.18. The van der Waals surface area contributed by atoms with Gasteiger partial charge in [-0.1, -0.05) is 71.8 Å². The fraction of sp³-hybridized carbons (Fsp3) is 0.154. The van der Waals surface area contributed by atoms with Crippen molar-refractivity contribution in [2.45, 2.75) is 28.4 Å². The molecule has 0 spiro atoms. The van der Waals surface area contributed by atoms with Crippen LogP contribution >= 0.6 is 23.4 Å². The monoisotopic (exact) mass is 481 g/mol. The van der Waals surface area contributed by atoms with Crippen LogP contribution in [0.15, 0.2) is 101 Å². The number of aryl methyl sites for hydroxylation is 1. The van der Waals surface area contributed by atoms with Crippen molar-refractivity contribution >= 4 is 44.2 Å². The smallest absolute Gasteiger partial charge is 0.211 e. The molecule has 0 fully saturated rings. The maximum atomic E-state index is 12.7. The molecule has 1 N–H and O–H groups in total. The number of thioether (sulfide) groups is 1. The van der Waals surface area contributed by atoms with Crippen molar-refractivity contribution in [3.63, 3.8) is 0 Å². The summed E-state index contributed by atoms with van der Waals surface area (Å²) in [6.07, 6.45) is 0.628. The lowest BCUT2D eigenvalue weighted by molar-refractivity contribution is 0.578. The Bertz CT molecular complexity index is 1320. The van der Waals surface area contributed by atoms with Gasteiger partial charge in [-0.2, -0.15) is 0 Å². The van der Waals surface area contributed by atoms with E-state index >= 15 is 0 Å². The van der Waals surface area contributed by atoms with Crippen molar-refractivity contribution in [3.8, 4) is 0 Å². The van der Waals surface area contributed by atoms with Gasteiger partial charge in [-0.15, -0.1) is 11.8 Å². The summed E-state index contributed by atoms with van der Waals surface area (Å²) in [7, 11) is -3.55. The predicted molar refractivity (Wildman–Crippen MR) is 135 cm³/mol. The topological polar surface area (TPSA) is 46.2 Å². The van der Waals surface area contributed by atoms with E-state index in [4.69, 9.17) is 11.6 Å². The highest BCUT2D eigenvalue weighted by molar-refractivity contribution is 7.99. The van der Waals surface area contributed by atoms with Crippen LogP contribution in [-0.4, -0.2) is 15.0 Å². The lowest BCUT2D eigenvalue weighted by atomic mass is 10.1. The predicted octanol–water partition coefficient (Wildman–Crippen LogP) is 7.00. The van der Waals surface area contributed by atoms with Gasteiger partial charge < -0.3 is 0 Å². The van der Waals surface area contributed by atoms with Gasteiger partial charge in [0.1, 0.15) is 0 Å². The summed E-state index contributed by atoms with van der Waals surface area (Å²) in [5, 5.41) is 3.10. The summed E-state index contributed by atoms with van der Waals surface area (Å²) in [6, 6.07) is 29.3. The molecule has 0 amide bonds. The molecule has 0 aromatic heterocycles. The van der Waals surface area contributed by atoms with Crippen LogP contribution in [0.5, 0.6) is 0 Å². The standard InChI is InChI=1S/C26H24ClNO2S2/c1-19-9-13-25(14-10-19)32(29,30)28-16-15-26(22-7-4-8-23(27)17-22)31-24-12-11-20-5-2-3-6-21(20)18-24/h2-14,17-18,26,28H,15-16H2,1H3. The third-order valence-electron chi connectivity index (χ3n) is 5.25. The molecule has 3 nitrogen and oxygen atoms in total. The van der Waals surface area contributed by atoms with Crippen molar-refractivity contribution in [3.05, 3.63) is 107 Å². The molecule has 6 heteroatoms. The molecule has 0 aliphatic heterocycles. The van der Waals surface area contributed by atoms with E-state index in [1.54, 1.807) is 36.0 Å². The molecule has 1 atom stereocenters. The number of nitrogens with one attached hydrogen (secondary N) is 1. The Morgan fingerprint density at radius 2 is 1.62 bits per heavy atom. The average Bonchev–Trinajstić information content (AvgIpc) is 2.78. The van der Waals surface area contributed by atoms with E-state index in [9.17, 15) is 8.42 Å². The van der Waals surface area contributed by atoms with Crippen LogP contribution in [0.25, 0.3) is 10.8 Å². The quantitative estimate of drug-likeness (QED) is 0.275. The molecule has 0 saturated carbocycles. The first kappa shape index (κ1) is 22.9. The number of hydrogen-bond donors (Lipinski definition) is 1. The van der Waals surface area contributed by atoms with Gasteiger partial charge in [0.05, 0.1) is 4.90 Å². The zero-order valence-corrected chi connectivity index (χ0v) is 20.1. The highest BCUT2D eigenvalue weighted by Crippen LogP contribution is 2.39. The molecule has 0 aliphatic rings. The Morgan fingerprint density at radius 1 is 0.875 bits per heavy atom. The second-order valence-corrected chi connectivity index (χ2v) is 11.1. The molecule has 0 radical (unpaired) electrons. The Hall–Kier alpha value is -2.31. The Labute approximate surface area is 198 Å². The van der Waals surface area contributed by atoms with E-state index < -0.39 is 10.0 Å². The molecule has 4 rings (SSSR count). The first-order chi connectivity index (χ1) is 15.4. The van der Waals surface area contributed by atoms with Gasteiger partial charge in [0.2, 0.25) is 10.0 Å². The third kappa shape index (κ3) is 5.73. The summed E-state index contributed by atoms with van der Waals surface area (Å²) in [5.74, 6) is 0. The van der Waals surface area contributed by atoms with E-state index in [1.807, 2.05) is 43.3 Å². The number of halogens is 1. The fourth-order valence-electron chi connectivity index (χ4n) is 3.53. The summed E-state index contributed by atoms with van der Waals surface area (Å²) in [6.45, 7) is 2.26. The van der Waals surface area contributed by atoms with Crippen LogP contribution in [-0.2, 0) is 10.0 Å². The highest BCUT2D eigenvalue weighted by atomic mass is 35.5. The van der Waals surface area contributed by atoms with Crippen LogP contribution in [0.3, 0.4) is 0 Å². The molecular weight excluding hydrogens is 458 g/mol. The molecule has 0 heterocycles. The Kier molecular flexibility index (Phi) is 7.21. The first-order valence-corrected chi connectivity index (χ1v) is 13.1. The van der Waals surface area contributed by atoms with E-state index in [1.165, 1.54) is 10.8 Å². The molecule has 32 heavy (non-hydrogen) atoms. The maximum absolute atomic E-state index is 12.7. The Balaban J connectivity index is 1.52. The second-order valence-electron chi connectivity index (χ2n) is 7.67. The number of benzene rings is 4. The number of fused-ring (bicyclic) bond motifs is 1. The summed E-state index contributed by atoms with van der Waals surface area (Å²) in [5.41, 5.74) is 2.10. The second kappa shape index (κ2) is 10.1. The van der Waals surface area contributed by atoms with Crippen molar-refractivity contribution in [1.82, 2.24) is 4.72 Å². The SMILES string of the molecule is Cc1ccc(S(=O)(=O)NCCC(Sc2ccc3ccccc3c2)c2cccc(Cl)c2)cc1. The molecule has 1 unspecified atom stereocenters. The molecular formula is C26H24ClNO2S2. The average molecular weight is 482 g/mol. The van der Waals surface area contributed by atoms with Gasteiger partial charge >= 0.3 is 0 Å². The lowest BCUT2D eigenvalue weighted by Crippen LogP contribution is -2.25. The lowest BCUT2D eigenvalue weighted by Gasteiger charge is -2.18. The van der Waals surface area contributed by atoms with E-state index in [0.29, 0.717) is 18.0 Å². The largest absolute Gasteiger partial charge is 0.240 e. The normalized spacial score (nSPS) is 12.7. The molecule has 4 aromatic carbocycles. The van der Waals surface area contributed by atoms with Gasteiger partial charge in [-0.05, 0) is 66.1 Å². The summed E-state index contributed by atoms with van der Waals surface area (Å²) >= 11 is 7.97. The maximum Gasteiger partial charge on any atom is 0.240 e. The summed E-state index contributed by atoms with van der Waals surface area (Å²) < 4.78 is 28.1. The summed E-state index contributed by atoms with van der Waals surface area (Å²) in [4.78, 5) is 1.42. The molecule has 164 valence electrons. The molecule has 0 aliphatic carbocycles.